The van der Waals surface area contributed by atoms with Gasteiger partial charge in [-0.1, -0.05) is 12.1 Å². The van der Waals surface area contributed by atoms with Gasteiger partial charge in [-0.15, -0.1) is 0 Å². The monoisotopic (exact) mass is 278 g/mol. The molecule has 0 bridgehead atoms. The highest BCUT2D eigenvalue weighted by Gasteiger charge is 2.38. The zero-order valence-corrected chi connectivity index (χ0v) is 12.0. The summed E-state index contributed by atoms with van der Waals surface area (Å²) in [6.45, 7) is 1.32. The number of hydrogen-bond donors (Lipinski definition) is 1. The minimum absolute atomic E-state index is 0.0507. The van der Waals surface area contributed by atoms with E-state index < -0.39 is 0 Å². The van der Waals surface area contributed by atoms with Gasteiger partial charge in [0.15, 0.2) is 0 Å². The molecule has 0 aromatic heterocycles. The van der Waals surface area contributed by atoms with Crippen LogP contribution in [-0.2, 0) is 9.53 Å². The second-order valence-corrected chi connectivity index (χ2v) is 5.02. The van der Waals surface area contributed by atoms with Crippen LogP contribution >= 0.6 is 0 Å². The standard InChI is InChI=1S/C15H22N2O3/c1-19-9-3-8-17-14(18)10-13(16)15(17)11-4-6-12(20-2)7-5-11/h4-7,13,15H,3,8-10,16H2,1-2H3. The molecule has 1 amide bonds. The fraction of sp³-hybridized carbons (Fsp3) is 0.533. The van der Waals surface area contributed by atoms with Crippen molar-refractivity contribution >= 4 is 5.91 Å². The number of benzene rings is 1. The van der Waals surface area contributed by atoms with E-state index in [0.717, 1.165) is 17.7 Å². The second-order valence-electron chi connectivity index (χ2n) is 5.02. The van der Waals surface area contributed by atoms with Crippen LogP contribution in [0.15, 0.2) is 24.3 Å². The van der Waals surface area contributed by atoms with Crippen LogP contribution < -0.4 is 10.5 Å². The molecule has 2 unspecified atom stereocenters. The summed E-state index contributed by atoms with van der Waals surface area (Å²) >= 11 is 0. The molecule has 1 aromatic carbocycles. The highest BCUT2D eigenvalue weighted by Crippen LogP contribution is 2.32. The van der Waals surface area contributed by atoms with Crippen molar-refractivity contribution < 1.29 is 14.3 Å². The predicted octanol–water partition coefficient (Wildman–Crippen LogP) is 1.33. The maximum Gasteiger partial charge on any atom is 0.224 e. The maximum atomic E-state index is 12.1. The van der Waals surface area contributed by atoms with E-state index in [1.54, 1.807) is 14.2 Å². The average Bonchev–Trinajstić information content (AvgIpc) is 2.74. The first kappa shape index (κ1) is 14.8. The van der Waals surface area contributed by atoms with Crippen LogP contribution in [0, 0.1) is 0 Å². The Bertz CT molecular complexity index is 447. The van der Waals surface area contributed by atoms with Gasteiger partial charge in [-0.25, -0.2) is 0 Å². The molecule has 1 aliphatic heterocycles. The Labute approximate surface area is 119 Å². The molecular formula is C15H22N2O3. The molecule has 1 aromatic rings. The fourth-order valence-electron chi connectivity index (χ4n) is 2.69. The number of carbonyl (C=O) groups excluding carboxylic acids is 1. The molecule has 110 valence electrons. The number of rotatable bonds is 6. The highest BCUT2D eigenvalue weighted by molar-refractivity contribution is 5.80. The van der Waals surface area contributed by atoms with E-state index in [2.05, 4.69) is 0 Å². The lowest BCUT2D eigenvalue weighted by atomic mass is 10.0. The van der Waals surface area contributed by atoms with Crippen molar-refractivity contribution in [3.05, 3.63) is 29.8 Å². The molecule has 1 fully saturated rings. The molecule has 0 radical (unpaired) electrons. The van der Waals surface area contributed by atoms with Gasteiger partial charge in [-0.3, -0.25) is 4.79 Å². The second kappa shape index (κ2) is 6.72. The average molecular weight is 278 g/mol. The number of hydrogen-bond acceptors (Lipinski definition) is 4. The largest absolute Gasteiger partial charge is 0.497 e. The van der Waals surface area contributed by atoms with Gasteiger partial charge in [0.1, 0.15) is 5.75 Å². The normalized spacial score (nSPS) is 22.4. The summed E-state index contributed by atoms with van der Waals surface area (Å²) in [5, 5.41) is 0. The zero-order valence-electron chi connectivity index (χ0n) is 12.0. The third-order valence-electron chi connectivity index (χ3n) is 3.68. The molecule has 1 heterocycles. The van der Waals surface area contributed by atoms with Crippen molar-refractivity contribution in [2.45, 2.75) is 24.9 Å². The van der Waals surface area contributed by atoms with E-state index in [1.807, 2.05) is 29.2 Å². The third kappa shape index (κ3) is 3.11. The van der Waals surface area contributed by atoms with Crippen molar-refractivity contribution in [3.63, 3.8) is 0 Å². The number of methoxy groups -OCH3 is 2. The summed E-state index contributed by atoms with van der Waals surface area (Å²) in [7, 11) is 3.30. The summed E-state index contributed by atoms with van der Waals surface area (Å²) in [5.41, 5.74) is 7.20. The molecule has 1 aliphatic rings. The van der Waals surface area contributed by atoms with Crippen LogP contribution in [0.2, 0.25) is 0 Å². The van der Waals surface area contributed by atoms with Crippen molar-refractivity contribution in [2.75, 3.05) is 27.4 Å². The number of ether oxygens (including phenoxy) is 2. The van der Waals surface area contributed by atoms with E-state index in [-0.39, 0.29) is 18.0 Å². The van der Waals surface area contributed by atoms with Gasteiger partial charge in [-0.05, 0) is 24.1 Å². The Morgan fingerprint density at radius 1 is 1.30 bits per heavy atom. The molecule has 0 spiro atoms. The highest BCUT2D eigenvalue weighted by atomic mass is 16.5. The van der Waals surface area contributed by atoms with Crippen LogP contribution in [0.3, 0.4) is 0 Å². The van der Waals surface area contributed by atoms with Gasteiger partial charge in [0.2, 0.25) is 5.91 Å². The summed E-state index contributed by atoms with van der Waals surface area (Å²) in [4.78, 5) is 13.9. The number of amides is 1. The minimum atomic E-state index is -0.154. The van der Waals surface area contributed by atoms with E-state index in [0.29, 0.717) is 19.6 Å². The van der Waals surface area contributed by atoms with Crippen molar-refractivity contribution in [3.8, 4) is 5.75 Å². The summed E-state index contributed by atoms with van der Waals surface area (Å²) in [5.74, 6) is 0.923. The molecule has 5 nitrogen and oxygen atoms in total. The summed E-state index contributed by atoms with van der Waals surface area (Å²) < 4.78 is 10.2. The molecule has 2 atom stereocenters. The number of likely N-dealkylation sites (tertiary alicyclic amines) is 1. The van der Waals surface area contributed by atoms with Crippen molar-refractivity contribution in [1.82, 2.24) is 4.90 Å². The number of nitrogens with zero attached hydrogens (tertiary/aromatic N) is 1. The lowest BCUT2D eigenvalue weighted by molar-refractivity contribution is -0.129. The van der Waals surface area contributed by atoms with Gasteiger partial charge in [-0.2, -0.15) is 0 Å². The van der Waals surface area contributed by atoms with Gasteiger partial charge >= 0.3 is 0 Å². The van der Waals surface area contributed by atoms with Crippen LogP contribution in [0.1, 0.15) is 24.4 Å². The molecule has 2 N–H and O–H groups in total. The first-order valence-electron chi connectivity index (χ1n) is 6.85. The van der Waals surface area contributed by atoms with Crippen LogP contribution in [-0.4, -0.2) is 44.2 Å². The van der Waals surface area contributed by atoms with Crippen LogP contribution in [0.4, 0.5) is 0 Å². The van der Waals surface area contributed by atoms with Crippen molar-refractivity contribution in [2.24, 2.45) is 5.73 Å². The van der Waals surface area contributed by atoms with Crippen LogP contribution in [0.5, 0.6) is 5.75 Å². The topological polar surface area (TPSA) is 64.8 Å². The van der Waals surface area contributed by atoms with E-state index in [9.17, 15) is 4.79 Å². The molecular weight excluding hydrogens is 256 g/mol. The first-order chi connectivity index (χ1) is 9.67. The molecule has 5 heteroatoms. The lowest BCUT2D eigenvalue weighted by Gasteiger charge is -2.27. The Morgan fingerprint density at radius 2 is 2.00 bits per heavy atom. The summed E-state index contributed by atoms with van der Waals surface area (Å²) in [6.07, 6.45) is 1.23. The SMILES string of the molecule is COCCCN1C(=O)CC(N)C1c1ccc(OC)cc1. The van der Waals surface area contributed by atoms with Crippen LogP contribution in [0.25, 0.3) is 0 Å². The first-order valence-corrected chi connectivity index (χ1v) is 6.85. The lowest BCUT2D eigenvalue weighted by Crippen LogP contribution is -2.34. The Balaban J connectivity index is 2.14. The molecule has 0 aliphatic carbocycles. The molecule has 20 heavy (non-hydrogen) atoms. The van der Waals surface area contributed by atoms with E-state index in [1.165, 1.54) is 0 Å². The maximum absolute atomic E-state index is 12.1. The van der Waals surface area contributed by atoms with Crippen molar-refractivity contribution in [1.29, 1.82) is 0 Å². The van der Waals surface area contributed by atoms with Gasteiger partial charge in [0.05, 0.1) is 13.2 Å². The molecule has 0 saturated carbocycles. The Hall–Kier alpha value is -1.59. The number of carbonyl (C=O) groups is 1. The molecule has 2 rings (SSSR count). The minimum Gasteiger partial charge on any atom is -0.497 e. The van der Waals surface area contributed by atoms with Gasteiger partial charge < -0.3 is 20.1 Å². The zero-order chi connectivity index (χ0) is 14.5. The molecule has 1 saturated heterocycles. The smallest absolute Gasteiger partial charge is 0.224 e. The number of nitrogens with two attached hydrogens (primary N) is 1. The third-order valence-corrected chi connectivity index (χ3v) is 3.68. The van der Waals surface area contributed by atoms with E-state index >= 15 is 0 Å². The quantitative estimate of drug-likeness (QED) is 0.797. The summed E-state index contributed by atoms with van der Waals surface area (Å²) in [6, 6.07) is 7.55. The van der Waals surface area contributed by atoms with Gasteiger partial charge in [0, 0.05) is 32.7 Å². The Kier molecular flexibility index (Phi) is 4.98. The Morgan fingerprint density at radius 3 is 2.60 bits per heavy atom. The predicted molar refractivity (Wildman–Crippen MR) is 76.5 cm³/mol. The fourth-order valence-corrected chi connectivity index (χ4v) is 2.69. The van der Waals surface area contributed by atoms with E-state index in [4.69, 9.17) is 15.2 Å². The van der Waals surface area contributed by atoms with Gasteiger partial charge in [0.25, 0.3) is 0 Å².